The average Bonchev–Trinajstić information content (AvgIpc) is 2.36. The molecule has 0 aliphatic carbocycles. The molecule has 108 valence electrons. The van der Waals surface area contributed by atoms with Gasteiger partial charge < -0.3 is 10.1 Å². The molecule has 5 nitrogen and oxygen atoms in total. The monoisotopic (exact) mass is 278 g/mol. The van der Waals surface area contributed by atoms with E-state index in [1.54, 1.807) is 7.05 Å². The fraction of sp³-hybridized carbons (Fsp3) is 1.00. The molecular weight excluding hydrogens is 252 g/mol. The standard InChI is InChI=1S/C12H26N2O3S/c1-13-7-3-4-9-18(15,16)14(2)10-12-6-5-8-17-11-12/h12-13H,3-11H2,1-2H3. The molecule has 0 saturated carbocycles. The maximum atomic E-state index is 12.0. The molecule has 1 heterocycles. The second-order valence-electron chi connectivity index (χ2n) is 4.99. The van der Waals surface area contributed by atoms with E-state index in [1.807, 2.05) is 7.05 Å². The summed E-state index contributed by atoms with van der Waals surface area (Å²) in [4.78, 5) is 0. The summed E-state index contributed by atoms with van der Waals surface area (Å²) in [5.74, 6) is 0.606. The summed E-state index contributed by atoms with van der Waals surface area (Å²) in [6.45, 7) is 2.97. The number of sulfonamides is 1. The first-order valence-electron chi connectivity index (χ1n) is 6.72. The largest absolute Gasteiger partial charge is 0.381 e. The van der Waals surface area contributed by atoms with Crippen LogP contribution in [0.15, 0.2) is 0 Å². The van der Waals surface area contributed by atoms with Gasteiger partial charge in [-0.1, -0.05) is 0 Å². The van der Waals surface area contributed by atoms with E-state index in [-0.39, 0.29) is 5.75 Å². The summed E-state index contributed by atoms with van der Waals surface area (Å²) in [5, 5.41) is 3.02. The van der Waals surface area contributed by atoms with E-state index in [9.17, 15) is 8.42 Å². The average molecular weight is 278 g/mol. The van der Waals surface area contributed by atoms with Crippen LogP contribution in [0.2, 0.25) is 0 Å². The highest BCUT2D eigenvalue weighted by molar-refractivity contribution is 7.89. The van der Waals surface area contributed by atoms with Crippen LogP contribution in [-0.4, -0.2) is 58.9 Å². The molecule has 0 amide bonds. The Morgan fingerprint density at radius 3 is 2.78 bits per heavy atom. The molecule has 1 aliphatic heterocycles. The first kappa shape index (κ1) is 15.9. The van der Waals surface area contributed by atoms with Gasteiger partial charge >= 0.3 is 0 Å². The van der Waals surface area contributed by atoms with Crippen LogP contribution in [0.4, 0.5) is 0 Å². The molecule has 1 atom stereocenters. The van der Waals surface area contributed by atoms with Crippen molar-refractivity contribution in [2.24, 2.45) is 5.92 Å². The van der Waals surface area contributed by atoms with Crippen molar-refractivity contribution >= 4 is 10.0 Å². The maximum Gasteiger partial charge on any atom is 0.213 e. The lowest BCUT2D eigenvalue weighted by Gasteiger charge is -2.26. The van der Waals surface area contributed by atoms with Crippen LogP contribution in [0.1, 0.15) is 25.7 Å². The van der Waals surface area contributed by atoms with Crippen LogP contribution >= 0.6 is 0 Å². The third kappa shape index (κ3) is 5.65. The van der Waals surface area contributed by atoms with Crippen LogP contribution < -0.4 is 5.32 Å². The number of nitrogens with zero attached hydrogens (tertiary/aromatic N) is 1. The highest BCUT2D eigenvalue weighted by Gasteiger charge is 2.22. The van der Waals surface area contributed by atoms with Crippen LogP contribution in [0.25, 0.3) is 0 Å². The predicted molar refractivity (Wildman–Crippen MR) is 73.1 cm³/mol. The molecular formula is C12H26N2O3S. The van der Waals surface area contributed by atoms with Gasteiger partial charge in [-0.15, -0.1) is 0 Å². The molecule has 0 aromatic rings. The summed E-state index contributed by atoms with van der Waals surface area (Å²) >= 11 is 0. The van der Waals surface area contributed by atoms with Crippen molar-refractivity contribution in [3.63, 3.8) is 0 Å². The fourth-order valence-corrected chi connectivity index (χ4v) is 3.49. The fourth-order valence-electron chi connectivity index (χ4n) is 2.17. The summed E-state index contributed by atoms with van der Waals surface area (Å²) in [5.41, 5.74) is 0. The van der Waals surface area contributed by atoms with E-state index in [1.165, 1.54) is 4.31 Å². The topological polar surface area (TPSA) is 58.6 Å². The van der Waals surface area contributed by atoms with Gasteiger partial charge in [0.15, 0.2) is 0 Å². The van der Waals surface area contributed by atoms with Gasteiger partial charge in [0.2, 0.25) is 10.0 Å². The number of hydrogen-bond donors (Lipinski definition) is 1. The molecule has 6 heteroatoms. The molecule has 1 rings (SSSR count). The van der Waals surface area contributed by atoms with Crippen molar-refractivity contribution in [3.05, 3.63) is 0 Å². The van der Waals surface area contributed by atoms with Crippen LogP contribution in [0, 0.1) is 5.92 Å². The van der Waals surface area contributed by atoms with Crippen molar-refractivity contribution < 1.29 is 13.2 Å². The van der Waals surface area contributed by atoms with Gasteiger partial charge in [-0.25, -0.2) is 12.7 Å². The Balaban J connectivity index is 2.31. The van der Waals surface area contributed by atoms with E-state index in [0.717, 1.165) is 32.4 Å². The second kappa shape index (κ2) is 8.09. The highest BCUT2D eigenvalue weighted by atomic mass is 32.2. The Bertz CT molecular complexity index is 313. The number of unbranched alkanes of at least 4 members (excludes halogenated alkanes) is 1. The summed E-state index contributed by atoms with van der Waals surface area (Å²) in [7, 11) is 0.471. The smallest absolute Gasteiger partial charge is 0.213 e. The van der Waals surface area contributed by atoms with Gasteiger partial charge in [0, 0.05) is 20.2 Å². The zero-order valence-corrected chi connectivity index (χ0v) is 12.3. The number of hydrogen-bond acceptors (Lipinski definition) is 4. The van der Waals surface area contributed by atoms with Crippen molar-refractivity contribution in [2.45, 2.75) is 25.7 Å². The minimum absolute atomic E-state index is 0.249. The van der Waals surface area contributed by atoms with Crippen molar-refractivity contribution in [2.75, 3.05) is 46.2 Å². The lowest BCUT2D eigenvalue weighted by atomic mass is 10.0. The molecule has 1 N–H and O–H groups in total. The molecule has 0 aromatic heterocycles. The maximum absolute atomic E-state index is 12.0. The number of rotatable bonds is 8. The Labute approximate surface area is 111 Å². The van der Waals surface area contributed by atoms with E-state index < -0.39 is 10.0 Å². The molecule has 1 unspecified atom stereocenters. The molecule has 18 heavy (non-hydrogen) atoms. The first-order chi connectivity index (χ1) is 8.56. The number of nitrogens with one attached hydrogen (secondary N) is 1. The Hall–Kier alpha value is -0.170. The quantitative estimate of drug-likeness (QED) is 0.663. The molecule has 1 fully saturated rings. The second-order valence-corrected chi connectivity index (χ2v) is 7.19. The van der Waals surface area contributed by atoms with Gasteiger partial charge in [-0.05, 0) is 45.2 Å². The minimum atomic E-state index is -3.09. The lowest BCUT2D eigenvalue weighted by molar-refractivity contribution is 0.0495. The van der Waals surface area contributed by atoms with Gasteiger partial charge in [0.1, 0.15) is 0 Å². The molecule has 1 aliphatic rings. The van der Waals surface area contributed by atoms with Gasteiger partial charge in [-0.2, -0.15) is 0 Å². The minimum Gasteiger partial charge on any atom is -0.381 e. The van der Waals surface area contributed by atoms with Crippen molar-refractivity contribution in [3.8, 4) is 0 Å². The summed E-state index contributed by atoms with van der Waals surface area (Å²) in [6.07, 6.45) is 3.73. The van der Waals surface area contributed by atoms with Crippen LogP contribution in [0.3, 0.4) is 0 Å². The van der Waals surface area contributed by atoms with E-state index in [0.29, 0.717) is 25.5 Å². The molecule has 0 aromatic carbocycles. The molecule has 0 bridgehead atoms. The summed E-state index contributed by atoms with van der Waals surface area (Å²) in [6, 6.07) is 0. The van der Waals surface area contributed by atoms with E-state index in [4.69, 9.17) is 4.74 Å². The number of ether oxygens (including phenoxy) is 1. The van der Waals surface area contributed by atoms with Crippen LogP contribution in [-0.2, 0) is 14.8 Å². The first-order valence-corrected chi connectivity index (χ1v) is 8.33. The predicted octanol–water partition coefficient (Wildman–Crippen LogP) is 0.674. The van der Waals surface area contributed by atoms with Gasteiger partial charge in [-0.3, -0.25) is 0 Å². The van der Waals surface area contributed by atoms with E-state index >= 15 is 0 Å². The molecule has 0 radical (unpaired) electrons. The van der Waals surface area contributed by atoms with Crippen molar-refractivity contribution in [1.29, 1.82) is 0 Å². The normalized spacial score (nSPS) is 21.4. The Morgan fingerprint density at radius 2 is 2.17 bits per heavy atom. The van der Waals surface area contributed by atoms with Crippen molar-refractivity contribution in [1.82, 2.24) is 9.62 Å². The van der Waals surface area contributed by atoms with E-state index in [2.05, 4.69) is 5.32 Å². The zero-order valence-electron chi connectivity index (χ0n) is 11.5. The Morgan fingerprint density at radius 1 is 1.39 bits per heavy atom. The third-order valence-corrected chi connectivity index (χ3v) is 5.23. The third-order valence-electron chi connectivity index (χ3n) is 3.32. The molecule has 1 saturated heterocycles. The highest BCUT2D eigenvalue weighted by Crippen LogP contribution is 2.16. The SMILES string of the molecule is CNCCCCS(=O)(=O)N(C)CC1CCCOC1. The van der Waals surface area contributed by atoms with Crippen LogP contribution in [0.5, 0.6) is 0 Å². The summed E-state index contributed by atoms with van der Waals surface area (Å²) < 4.78 is 30.9. The van der Waals surface area contributed by atoms with Gasteiger partial charge in [0.05, 0.1) is 12.4 Å². The lowest BCUT2D eigenvalue weighted by Crippen LogP contribution is -2.36. The molecule has 0 spiro atoms. The zero-order chi connectivity index (χ0) is 13.4. The van der Waals surface area contributed by atoms with Gasteiger partial charge in [0.25, 0.3) is 0 Å². The Kier molecular flexibility index (Phi) is 7.14.